The molecule has 1 heterocycles. The van der Waals surface area contributed by atoms with E-state index in [1.165, 1.54) is 6.07 Å². The Labute approximate surface area is 106 Å². The first-order valence-electron chi connectivity index (χ1n) is 6.60. The molecule has 4 heteroatoms. The van der Waals surface area contributed by atoms with E-state index in [9.17, 15) is 4.39 Å². The summed E-state index contributed by atoms with van der Waals surface area (Å²) in [6.45, 7) is 2.95. The van der Waals surface area contributed by atoms with Crippen molar-refractivity contribution in [2.45, 2.75) is 44.7 Å². The van der Waals surface area contributed by atoms with E-state index >= 15 is 0 Å². The normalized spacial score (nSPS) is 17.9. The molecular formula is C14H18FN3. The van der Waals surface area contributed by atoms with E-state index in [1.54, 1.807) is 6.07 Å². The van der Waals surface area contributed by atoms with Crippen LogP contribution in [0.25, 0.3) is 11.0 Å². The molecule has 1 fully saturated rings. The first kappa shape index (κ1) is 11.7. The van der Waals surface area contributed by atoms with Gasteiger partial charge in [0.2, 0.25) is 0 Å². The Balaban J connectivity index is 2.23. The van der Waals surface area contributed by atoms with Crippen molar-refractivity contribution in [2.75, 3.05) is 0 Å². The lowest BCUT2D eigenvalue weighted by Crippen LogP contribution is -2.45. The molecular weight excluding hydrogens is 229 g/mol. The number of aryl methyl sites for hydroxylation is 1. The van der Waals surface area contributed by atoms with Crippen molar-refractivity contribution in [1.29, 1.82) is 0 Å². The lowest BCUT2D eigenvalue weighted by Gasteiger charge is -2.37. The van der Waals surface area contributed by atoms with E-state index in [2.05, 4.69) is 16.5 Å². The molecule has 0 spiro atoms. The monoisotopic (exact) mass is 247 g/mol. The van der Waals surface area contributed by atoms with Crippen LogP contribution < -0.4 is 5.73 Å². The Bertz CT molecular complexity index is 584. The number of imidazole rings is 1. The molecule has 0 radical (unpaired) electrons. The number of aromatic nitrogens is 2. The summed E-state index contributed by atoms with van der Waals surface area (Å²) in [7, 11) is 0. The van der Waals surface area contributed by atoms with Gasteiger partial charge in [0, 0.05) is 6.54 Å². The van der Waals surface area contributed by atoms with Crippen LogP contribution in [-0.2, 0) is 12.1 Å². The maximum atomic E-state index is 13.8. The van der Waals surface area contributed by atoms with Gasteiger partial charge in [-0.15, -0.1) is 0 Å². The number of nitrogens with two attached hydrogens (primary N) is 1. The molecule has 2 N–H and O–H groups in total. The number of hydrogen-bond donors (Lipinski definition) is 1. The predicted molar refractivity (Wildman–Crippen MR) is 69.7 cm³/mol. The van der Waals surface area contributed by atoms with Gasteiger partial charge in [-0.2, -0.15) is 0 Å². The number of hydrogen-bond acceptors (Lipinski definition) is 2. The third-order valence-corrected chi connectivity index (χ3v) is 3.87. The Morgan fingerprint density at radius 1 is 1.44 bits per heavy atom. The molecule has 1 aliphatic carbocycles. The number of rotatable bonds is 3. The third kappa shape index (κ3) is 1.56. The fourth-order valence-electron chi connectivity index (χ4n) is 2.72. The zero-order valence-electron chi connectivity index (χ0n) is 10.6. The Kier molecular flexibility index (Phi) is 2.63. The van der Waals surface area contributed by atoms with E-state index in [-0.39, 0.29) is 11.4 Å². The minimum Gasteiger partial charge on any atom is -0.326 e. The Morgan fingerprint density at radius 2 is 2.22 bits per heavy atom. The van der Waals surface area contributed by atoms with Crippen LogP contribution in [0, 0.1) is 5.82 Å². The molecule has 1 aromatic carbocycles. The summed E-state index contributed by atoms with van der Waals surface area (Å²) < 4.78 is 15.9. The maximum Gasteiger partial charge on any atom is 0.151 e. The van der Waals surface area contributed by atoms with Crippen LogP contribution in [0.4, 0.5) is 4.39 Å². The van der Waals surface area contributed by atoms with Gasteiger partial charge in [0.1, 0.15) is 11.3 Å². The van der Waals surface area contributed by atoms with Crippen molar-refractivity contribution in [2.24, 2.45) is 5.73 Å². The third-order valence-electron chi connectivity index (χ3n) is 3.87. The number of fused-ring (bicyclic) bond motifs is 1. The van der Waals surface area contributed by atoms with Gasteiger partial charge in [-0.1, -0.05) is 13.0 Å². The summed E-state index contributed by atoms with van der Waals surface area (Å²) in [6.07, 6.45) is 4.02. The summed E-state index contributed by atoms with van der Waals surface area (Å²) in [5, 5.41) is 0. The molecule has 96 valence electrons. The van der Waals surface area contributed by atoms with E-state index in [0.29, 0.717) is 5.52 Å². The number of nitrogens with zero attached hydrogens (tertiary/aromatic N) is 2. The van der Waals surface area contributed by atoms with Crippen LogP contribution in [0.3, 0.4) is 0 Å². The number of halogens is 1. The lowest BCUT2D eigenvalue weighted by molar-refractivity contribution is 0.231. The van der Waals surface area contributed by atoms with Gasteiger partial charge in [-0.05, 0) is 37.8 Å². The van der Waals surface area contributed by atoms with Crippen LogP contribution >= 0.6 is 0 Å². The first-order valence-corrected chi connectivity index (χ1v) is 6.60. The molecule has 0 aliphatic heterocycles. The van der Waals surface area contributed by atoms with Crippen LogP contribution in [0.1, 0.15) is 38.4 Å². The SMILES string of the molecule is CCCn1c(C2(N)CCC2)nc2c(F)cccc21. The number of para-hydroxylation sites is 1. The van der Waals surface area contributed by atoms with Crippen molar-refractivity contribution in [3.63, 3.8) is 0 Å². The minimum atomic E-state index is -0.347. The summed E-state index contributed by atoms with van der Waals surface area (Å²) in [6, 6.07) is 5.12. The molecule has 0 bridgehead atoms. The fourth-order valence-corrected chi connectivity index (χ4v) is 2.72. The van der Waals surface area contributed by atoms with Crippen LogP contribution in [0.5, 0.6) is 0 Å². The second kappa shape index (κ2) is 4.05. The highest BCUT2D eigenvalue weighted by atomic mass is 19.1. The standard InChI is InChI=1S/C14H18FN3/c1-2-9-18-11-6-3-5-10(15)12(11)17-13(18)14(16)7-4-8-14/h3,5-6H,2,4,7-9,16H2,1H3. The molecule has 1 aromatic heterocycles. The van der Waals surface area contributed by atoms with Crippen LogP contribution in [-0.4, -0.2) is 9.55 Å². The molecule has 0 saturated heterocycles. The van der Waals surface area contributed by atoms with E-state index < -0.39 is 0 Å². The summed E-state index contributed by atoms with van der Waals surface area (Å²) in [5.74, 6) is 0.599. The zero-order chi connectivity index (χ0) is 12.8. The Morgan fingerprint density at radius 3 is 2.83 bits per heavy atom. The van der Waals surface area contributed by atoms with Gasteiger partial charge < -0.3 is 10.3 Å². The van der Waals surface area contributed by atoms with Crippen molar-refractivity contribution < 1.29 is 4.39 Å². The highest BCUT2D eigenvalue weighted by Gasteiger charge is 2.39. The maximum absolute atomic E-state index is 13.8. The average Bonchev–Trinajstić information content (AvgIpc) is 2.68. The number of benzene rings is 1. The summed E-state index contributed by atoms with van der Waals surface area (Å²) in [4.78, 5) is 4.49. The minimum absolute atomic E-state index is 0.258. The van der Waals surface area contributed by atoms with Gasteiger partial charge in [-0.3, -0.25) is 0 Å². The zero-order valence-corrected chi connectivity index (χ0v) is 10.6. The molecule has 0 atom stereocenters. The largest absolute Gasteiger partial charge is 0.326 e. The molecule has 1 aliphatic rings. The van der Waals surface area contributed by atoms with E-state index in [4.69, 9.17) is 5.73 Å². The average molecular weight is 247 g/mol. The van der Waals surface area contributed by atoms with Crippen molar-refractivity contribution in [1.82, 2.24) is 9.55 Å². The predicted octanol–water partition coefficient (Wildman–Crippen LogP) is 2.92. The smallest absolute Gasteiger partial charge is 0.151 e. The van der Waals surface area contributed by atoms with E-state index in [0.717, 1.165) is 43.6 Å². The van der Waals surface area contributed by atoms with Crippen LogP contribution in [0.15, 0.2) is 18.2 Å². The molecule has 0 amide bonds. The van der Waals surface area contributed by atoms with Crippen molar-refractivity contribution >= 4 is 11.0 Å². The second-order valence-corrected chi connectivity index (χ2v) is 5.20. The van der Waals surface area contributed by atoms with Gasteiger partial charge in [0.25, 0.3) is 0 Å². The van der Waals surface area contributed by atoms with Crippen molar-refractivity contribution in [3.8, 4) is 0 Å². The molecule has 0 unspecified atom stereocenters. The molecule has 18 heavy (non-hydrogen) atoms. The van der Waals surface area contributed by atoms with Crippen molar-refractivity contribution in [3.05, 3.63) is 29.8 Å². The summed E-state index contributed by atoms with van der Waals surface area (Å²) in [5.41, 5.74) is 7.34. The second-order valence-electron chi connectivity index (χ2n) is 5.20. The van der Waals surface area contributed by atoms with Gasteiger partial charge in [0.15, 0.2) is 5.82 Å². The highest BCUT2D eigenvalue weighted by Crippen LogP contribution is 2.39. The van der Waals surface area contributed by atoms with Gasteiger partial charge in [-0.25, -0.2) is 9.37 Å². The lowest BCUT2D eigenvalue weighted by atomic mass is 9.77. The molecule has 1 saturated carbocycles. The highest BCUT2D eigenvalue weighted by molar-refractivity contribution is 5.77. The summed E-state index contributed by atoms with van der Waals surface area (Å²) >= 11 is 0. The first-order chi connectivity index (χ1) is 8.65. The molecule has 3 nitrogen and oxygen atoms in total. The van der Waals surface area contributed by atoms with Gasteiger partial charge >= 0.3 is 0 Å². The quantitative estimate of drug-likeness (QED) is 0.906. The Hall–Kier alpha value is -1.42. The van der Waals surface area contributed by atoms with Gasteiger partial charge in [0.05, 0.1) is 11.1 Å². The molecule has 3 rings (SSSR count). The van der Waals surface area contributed by atoms with E-state index in [1.807, 2.05) is 6.07 Å². The molecule has 2 aromatic rings. The van der Waals surface area contributed by atoms with Crippen LogP contribution in [0.2, 0.25) is 0 Å². The fraction of sp³-hybridized carbons (Fsp3) is 0.500. The topological polar surface area (TPSA) is 43.8 Å².